The lowest BCUT2D eigenvalue weighted by Crippen LogP contribution is -2.50. The molecule has 0 aromatic carbocycles. The molecule has 0 aliphatic heterocycles. The molecule has 0 aliphatic rings. The van der Waals surface area contributed by atoms with Gasteiger partial charge in [-0.1, -0.05) is 11.6 Å². The third-order valence-corrected chi connectivity index (χ3v) is 1.89. The second-order valence-electron chi connectivity index (χ2n) is 2.53. The SMILES string of the molecule is Cc1nn(CCC[NH3+])cc1Cl. The Bertz CT molecular complexity index is 212. The van der Waals surface area contributed by atoms with Gasteiger partial charge in [0.05, 0.1) is 17.3 Å². The van der Waals surface area contributed by atoms with Crippen molar-refractivity contribution in [1.29, 1.82) is 0 Å². The topological polar surface area (TPSA) is 45.5 Å². The van der Waals surface area contributed by atoms with Crippen LogP contribution in [0, 0.1) is 6.92 Å². The molecule has 1 heterocycles. The average Bonchev–Trinajstić information content (AvgIpc) is 2.28. The van der Waals surface area contributed by atoms with E-state index in [0.29, 0.717) is 0 Å². The molecule has 4 heteroatoms. The molecule has 0 radical (unpaired) electrons. The summed E-state index contributed by atoms with van der Waals surface area (Å²) in [6.07, 6.45) is 2.91. The van der Waals surface area contributed by atoms with Gasteiger partial charge in [0.15, 0.2) is 0 Å². The van der Waals surface area contributed by atoms with E-state index in [1.165, 1.54) is 0 Å². The van der Waals surface area contributed by atoms with Crippen LogP contribution < -0.4 is 5.73 Å². The highest BCUT2D eigenvalue weighted by molar-refractivity contribution is 6.31. The predicted octanol–water partition coefficient (Wildman–Crippen LogP) is 0.477. The standard InChI is InChI=1S/C7H12ClN3/c1-6-7(8)5-11(10-6)4-2-3-9/h5H,2-4,9H2,1H3/p+1. The summed E-state index contributed by atoms with van der Waals surface area (Å²) in [6, 6.07) is 0. The van der Waals surface area contributed by atoms with Crippen molar-refractivity contribution in [1.82, 2.24) is 9.78 Å². The minimum atomic E-state index is 0.745. The van der Waals surface area contributed by atoms with Gasteiger partial charge in [0, 0.05) is 19.2 Å². The highest BCUT2D eigenvalue weighted by atomic mass is 35.5. The lowest BCUT2D eigenvalue weighted by Gasteiger charge is -1.95. The fourth-order valence-corrected chi connectivity index (χ4v) is 1.03. The van der Waals surface area contributed by atoms with E-state index in [-0.39, 0.29) is 0 Å². The van der Waals surface area contributed by atoms with Crippen LogP contribution in [0.3, 0.4) is 0 Å². The van der Waals surface area contributed by atoms with Crippen molar-refractivity contribution in [3.63, 3.8) is 0 Å². The van der Waals surface area contributed by atoms with E-state index in [1.54, 1.807) is 0 Å². The molecule has 1 aromatic heterocycles. The summed E-state index contributed by atoms with van der Waals surface area (Å²) in [7, 11) is 0. The summed E-state index contributed by atoms with van der Waals surface area (Å²) < 4.78 is 1.86. The van der Waals surface area contributed by atoms with Gasteiger partial charge in [-0.3, -0.25) is 4.68 Å². The molecule has 0 atom stereocenters. The van der Waals surface area contributed by atoms with Crippen LogP contribution in [-0.2, 0) is 6.54 Å². The number of quaternary nitrogens is 1. The summed E-state index contributed by atoms with van der Waals surface area (Å²) in [5, 5.41) is 4.95. The normalized spacial score (nSPS) is 10.5. The van der Waals surface area contributed by atoms with Crippen LogP contribution in [0.2, 0.25) is 5.02 Å². The molecule has 11 heavy (non-hydrogen) atoms. The zero-order chi connectivity index (χ0) is 8.27. The van der Waals surface area contributed by atoms with Crippen molar-refractivity contribution in [2.24, 2.45) is 0 Å². The fourth-order valence-electron chi connectivity index (χ4n) is 0.882. The van der Waals surface area contributed by atoms with Crippen LogP contribution in [0.4, 0.5) is 0 Å². The summed E-state index contributed by atoms with van der Waals surface area (Å²) in [5.41, 5.74) is 4.65. The molecule has 3 N–H and O–H groups in total. The third kappa shape index (κ3) is 2.20. The minimum Gasteiger partial charge on any atom is -0.358 e. The van der Waals surface area contributed by atoms with Gasteiger partial charge in [-0.15, -0.1) is 0 Å². The maximum Gasteiger partial charge on any atom is 0.0814 e. The first-order chi connectivity index (χ1) is 5.24. The molecule has 3 nitrogen and oxygen atoms in total. The van der Waals surface area contributed by atoms with E-state index in [1.807, 2.05) is 17.8 Å². The van der Waals surface area contributed by atoms with Gasteiger partial charge >= 0.3 is 0 Å². The number of hydrogen-bond donors (Lipinski definition) is 1. The van der Waals surface area contributed by atoms with Crippen molar-refractivity contribution in [3.8, 4) is 0 Å². The Hall–Kier alpha value is -0.540. The maximum atomic E-state index is 5.81. The fraction of sp³-hybridized carbons (Fsp3) is 0.571. The number of nitrogens with zero attached hydrogens (tertiary/aromatic N) is 2. The quantitative estimate of drug-likeness (QED) is 0.712. The molecule has 0 saturated carbocycles. The lowest BCUT2D eigenvalue weighted by molar-refractivity contribution is -0.368. The first kappa shape index (κ1) is 8.56. The Morgan fingerprint density at radius 3 is 2.91 bits per heavy atom. The number of rotatable bonds is 3. The molecule has 0 spiro atoms. The summed E-state index contributed by atoms with van der Waals surface area (Å²) in [4.78, 5) is 0. The van der Waals surface area contributed by atoms with Crippen LogP contribution in [0.15, 0.2) is 6.20 Å². The second-order valence-corrected chi connectivity index (χ2v) is 2.94. The van der Waals surface area contributed by atoms with E-state index in [9.17, 15) is 0 Å². The van der Waals surface area contributed by atoms with E-state index in [0.717, 1.165) is 30.2 Å². The predicted molar refractivity (Wildman–Crippen MR) is 44.3 cm³/mol. The molecule has 62 valence electrons. The van der Waals surface area contributed by atoms with Crippen LogP contribution in [-0.4, -0.2) is 16.3 Å². The smallest absolute Gasteiger partial charge is 0.0814 e. The summed E-state index contributed by atoms with van der Waals surface area (Å²) >= 11 is 5.81. The zero-order valence-corrected chi connectivity index (χ0v) is 7.43. The molecule has 0 aliphatic carbocycles. The monoisotopic (exact) mass is 174 g/mol. The van der Waals surface area contributed by atoms with E-state index in [2.05, 4.69) is 10.8 Å². The third-order valence-electron chi connectivity index (χ3n) is 1.52. The molecular formula is C7H13ClN3+. The first-order valence-electron chi connectivity index (χ1n) is 3.73. The highest BCUT2D eigenvalue weighted by Crippen LogP contribution is 2.11. The molecule has 0 unspecified atom stereocenters. The Morgan fingerprint density at radius 2 is 2.45 bits per heavy atom. The largest absolute Gasteiger partial charge is 0.358 e. The van der Waals surface area contributed by atoms with Crippen molar-refractivity contribution >= 4 is 11.6 Å². The molecule has 0 saturated heterocycles. The van der Waals surface area contributed by atoms with Gasteiger partial charge < -0.3 is 5.73 Å². The van der Waals surface area contributed by atoms with Gasteiger partial charge in [0.25, 0.3) is 0 Å². The van der Waals surface area contributed by atoms with Gasteiger partial charge in [-0.2, -0.15) is 5.10 Å². The summed E-state index contributed by atoms with van der Waals surface area (Å²) in [6.45, 7) is 3.76. The van der Waals surface area contributed by atoms with Crippen LogP contribution in [0.25, 0.3) is 0 Å². The number of hydrogen-bond acceptors (Lipinski definition) is 1. The van der Waals surface area contributed by atoms with Crippen LogP contribution in [0.1, 0.15) is 12.1 Å². The van der Waals surface area contributed by atoms with Gasteiger partial charge in [0.2, 0.25) is 0 Å². The molecule has 1 rings (SSSR count). The first-order valence-corrected chi connectivity index (χ1v) is 4.10. The molecule has 0 amide bonds. The average molecular weight is 175 g/mol. The Labute approximate surface area is 71.1 Å². The van der Waals surface area contributed by atoms with Crippen molar-refractivity contribution in [2.75, 3.05) is 6.54 Å². The molecule has 0 bridgehead atoms. The van der Waals surface area contributed by atoms with Crippen LogP contribution >= 0.6 is 11.6 Å². The van der Waals surface area contributed by atoms with Gasteiger partial charge in [-0.25, -0.2) is 0 Å². The van der Waals surface area contributed by atoms with Crippen molar-refractivity contribution < 1.29 is 5.73 Å². The zero-order valence-electron chi connectivity index (χ0n) is 6.68. The van der Waals surface area contributed by atoms with Crippen molar-refractivity contribution in [3.05, 3.63) is 16.9 Å². The van der Waals surface area contributed by atoms with Crippen LogP contribution in [0.5, 0.6) is 0 Å². The Kier molecular flexibility index (Phi) is 2.91. The second kappa shape index (κ2) is 3.74. The summed E-state index contributed by atoms with van der Waals surface area (Å²) in [5.74, 6) is 0. The molecule has 1 aromatic rings. The Morgan fingerprint density at radius 1 is 1.73 bits per heavy atom. The van der Waals surface area contributed by atoms with E-state index in [4.69, 9.17) is 11.6 Å². The Balaban J connectivity index is 2.58. The number of halogens is 1. The number of aryl methyl sites for hydroxylation is 2. The molecular weight excluding hydrogens is 162 g/mol. The van der Waals surface area contributed by atoms with Crippen molar-refractivity contribution in [2.45, 2.75) is 19.9 Å². The van der Waals surface area contributed by atoms with Gasteiger partial charge in [-0.05, 0) is 6.92 Å². The minimum absolute atomic E-state index is 0.745. The van der Waals surface area contributed by atoms with E-state index >= 15 is 0 Å². The van der Waals surface area contributed by atoms with E-state index < -0.39 is 0 Å². The lowest BCUT2D eigenvalue weighted by atomic mass is 10.4. The molecule has 0 fully saturated rings. The van der Waals surface area contributed by atoms with Gasteiger partial charge in [0.1, 0.15) is 0 Å². The number of aromatic nitrogens is 2. The highest BCUT2D eigenvalue weighted by Gasteiger charge is 2.00. The maximum absolute atomic E-state index is 5.81.